The number of piperazine rings is 1. The smallest absolute Gasteiger partial charge is 0.320 e. The Labute approximate surface area is 127 Å². The van der Waals surface area contributed by atoms with Gasteiger partial charge in [0.05, 0.1) is 0 Å². The van der Waals surface area contributed by atoms with Crippen LogP contribution in [-0.4, -0.2) is 60.9 Å². The second-order valence-corrected chi connectivity index (χ2v) is 6.94. The number of nitrogens with zero attached hydrogens (tertiary/aromatic N) is 2. The van der Waals surface area contributed by atoms with Gasteiger partial charge in [0.25, 0.3) is 0 Å². The van der Waals surface area contributed by atoms with Crippen molar-refractivity contribution in [1.29, 1.82) is 0 Å². The second-order valence-electron chi connectivity index (χ2n) is 5.03. The topological polar surface area (TPSA) is 77.9 Å². The van der Waals surface area contributed by atoms with Crippen LogP contribution < -0.4 is 0 Å². The van der Waals surface area contributed by atoms with E-state index in [1.54, 1.807) is 4.90 Å². The summed E-state index contributed by atoms with van der Waals surface area (Å²) in [5.41, 5.74) is 0. The van der Waals surface area contributed by atoms with E-state index in [2.05, 4.69) is 0 Å². The molecule has 0 bridgehead atoms. The molecule has 0 aliphatic carbocycles. The lowest BCUT2D eigenvalue weighted by atomic mass is 10.2. The number of hydrogen-bond donors (Lipinski definition) is 1. The predicted molar refractivity (Wildman–Crippen MR) is 73.8 cm³/mol. The molecule has 0 radical (unpaired) electrons. The lowest BCUT2D eigenvalue weighted by Gasteiger charge is -2.35. The first-order valence-corrected chi connectivity index (χ1v) is 8.09. The van der Waals surface area contributed by atoms with Gasteiger partial charge in [-0.25, -0.2) is 17.2 Å². The van der Waals surface area contributed by atoms with Gasteiger partial charge in [-0.3, -0.25) is 9.69 Å². The molecule has 1 heterocycles. The summed E-state index contributed by atoms with van der Waals surface area (Å²) < 4.78 is 52.6. The fourth-order valence-corrected chi connectivity index (χ4v) is 3.80. The van der Waals surface area contributed by atoms with Crippen LogP contribution in [0, 0.1) is 11.6 Å². The van der Waals surface area contributed by atoms with Gasteiger partial charge in [-0.15, -0.1) is 0 Å². The van der Waals surface area contributed by atoms with Crippen molar-refractivity contribution in [3.05, 3.63) is 29.8 Å². The molecule has 0 saturated carbocycles. The van der Waals surface area contributed by atoms with E-state index in [9.17, 15) is 22.0 Å². The predicted octanol–water partition coefficient (Wildman–Crippen LogP) is 0.744. The highest BCUT2D eigenvalue weighted by molar-refractivity contribution is 7.89. The highest BCUT2D eigenvalue weighted by atomic mass is 32.2. The third kappa shape index (κ3) is 3.26. The van der Waals surface area contributed by atoms with Crippen molar-refractivity contribution in [3.63, 3.8) is 0 Å². The van der Waals surface area contributed by atoms with Gasteiger partial charge in [0.2, 0.25) is 10.0 Å². The van der Waals surface area contributed by atoms with E-state index >= 15 is 0 Å². The number of carboxylic acid groups (broad SMARTS) is 1. The minimum Gasteiger partial charge on any atom is -0.480 e. The minimum atomic E-state index is -4.14. The Balaban J connectivity index is 2.16. The first-order valence-electron chi connectivity index (χ1n) is 6.65. The van der Waals surface area contributed by atoms with Gasteiger partial charge in [0.1, 0.15) is 22.6 Å². The molecule has 1 fully saturated rings. The molecule has 0 spiro atoms. The van der Waals surface area contributed by atoms with E-state index in [0.29, 0.717) is 6.07 Å². The quantitative estimate of drug-likeness (QED) is 0.879. The number of hydrogen-bond acceptors (Lipinski definition) is 4. The molecule has 2 rings (SSSR count). The van der Waals surface area contributed by atoms with Crippen LogP contribution in [0.25, 0.3) is 0 Å². The van der Waals surface area contributed by atoms with Crippen LogP contribution in [0.5, 0.6) is 0 Å². The number of aliphatic carboxylic acids is 1. The zero-order valence-electron chi connectivity index (χ0n) is 11.9. The van der Waals surface area contributed by atoms with Gasteiger partial charge < -0.3 is 5.11 Å². The lowest BCUT2D eigenvalue weighted by Crippen LogP contribution is -2.53. The van der Waals surface area contributed by atoms with Crippen LogP contribution >= 0.6 is 0 Å². The van der Waals surface area contributed by atoms with Crippen molar-refractivity contribution in [2.45, 2.75) is 17.9 Å². The maximum atomic E-state index is 13.7. The zero-order valence-corrected chi connectivity index (χ0v) is 12.7. The molecule has 22 heavy (non-hydrogen) atoms. The van der Waals surface area contributed by atoms with Crippen LogP contribution in [0.1, 0.15) is 6.92 Å². The Morgan fingerprint density at radius 1 is 1.23 bits per heavy atom. The fraction of sp³-hybridized carbons (Fsp3) is 0.462. The summed E-state index contributed by atoms with van der Waals surface area (Å²) in [6, 6.07) is 1.54. The Hall–Kier alpha value is -1.58. The largest absolute Gasteiger partial charge is 0.480 e. The summed E-state index contributed by atoms with van der Waals surface area (Å²) in [7, 11) is -4.14. The number of sulfonamides is 1. The van der Waals surface area contributed by atoms with Crippen LogP contribution in [0.2, 0.25) is 0 Å². The van der Waals surface area contributed by atoms with Crippen molar-refractivity contribution >= 4 is 16.0 Å². The molecule has 1 aromatic rings. The first kappa shape index (κ1) is 16.8. The molecule has 1 aliphatic heterocycles. The zero-order chi connectivity index (χ0) is 16.5. The van der Waals surface area contributed by atoms with Crippen molar-refractivity contribution in [2.24, 2.45) is 0 Å². The highest BCUT2D eigenvalue weighted by Crippen LogP contribution is 2.22. The highest BCUT2D eigenvalue weighted by Gasteiger charge is 2.33. The maximum Gasteiger partial charge on any atom is 0.320 e. The summed E-state index contributed by atoms with van der Waals surface area (Å²) in [6.07, 6.45) is 0. The van der Waals surface area contributed by atoms with Crippen molar-refractivity contribution < 1.29 is 27.1 Å². The minimum absolute atomic E-state index is 0.0237. The summed E-state index contributed by atoms with van der Waals surface area (Å²) in [5.74, 6) is -2.84. The third-order valence-corrected chi connectivity index (χ3v) is 5.60. The maximum absolute atomic E-state index is 13.7. The van der Waals surface area contributed by atoms with E-state index in [1.807, 2.05) is 0 Å². The second kappa shape index (κ2) is 6.27. The van der Waals surface area contributed by atoms with Gasteiger partial charge in [-0.1, -0.05) is 0 Å². The Kier molecular flexibility index (Phi) is 4.78. The Morgan fingerprint density at radius 2 is 1.82 bits per heavy atom. The monoisotopic (exact) mass is 334 g/mol. The van der Waals surface area contributed by atoms with Crippen molar-refractivity contribution in [1.82, 2.24) is 9.21 Å². The number of halogens is 2. The molecular formula is C13H16F2N2O4S. The fourth-order valence-electron chi connectivity index (χ4n) is 2.30. The molecule has 1 aliphatic rings. The molecule has 0 amide bonds. The van der Waals surface area contributed by atoms with Crippen LogP contribution in [-0.2, 0) is 14.8 Å². The number of rotatable bonds is 4. The van der Waals surface area contributed by atoms with E-state index in [1.165, 1.54) is 6.92 Å². The first-order chi connectivity index (χ1) is 10.2. The normalized spacial score (nSPS) is 19.0. The van der Waals surface area contributed by atoms with Gasteiger partial charge >= 0.3 is 5.97 Å². The van der Waals surface area contributed by atoms with Gasteiger partial charge in [-0.05, 0) is 25.1 Å². The average molecular weight is 334 g/mol. The van der Waals surface area contributed by atoms with E-state index in [4.69, 9.17) is 5.11 Å². The molecule has 6 nitrogen and oxygen atoms in total. The van der Waals surface area contributed by atoms with Crippen LogP contribution in [0.15, 0.2) is 23.1 Å². The summed E-state index contributed by atoms with van der Waals surface area (Å²) >= 11 is 0. The Morgan fingerprint density at radius 3 is 2.36 bits per heavy atom. The summed E-state index contributed by atoms with van der Waals surface area (Å²) in [5, 5.41) is 8.94. The van der Waals surface area contributed by atoms with Crippen LogP contribution in [0.3, 0.4) is 0 Å². The van der Waals surface area contributed by atoms with E-state index in [0.717, 1.165) is 16.4 Å². The van der Waals surface area contributed by atoms with Crippen molar-refractivity contribution in [3.8, 4) is 0 Å². The van der Waals surface area contributed by atoms with Gasteiger partial charge in [-0.2, -0.15) is 4.31 Å². The van der Waals surface area contributed by atoms with Crippen LogP contribution in [0.4, 0.5) is 8.78 Å². The molecule has 9 heteroatoms. The SMILES string of the molecule is C[C@@H](C(=O)O)N1CCN(S(=O)(=O)c2cc(F)ccc2F)CC1. The summed E-state index contributed by atoms with van der Waals surface area (Å²) in [6.45, 7) is 1.98. The molecule has 1 N–H and O–H groups in total. The average Bonchev–Trinajstić information content (AvgIpc) is 2.48. The summed E-state index contributed by atoms with van der Waals surface area (Å²) in [4.78, 5) is 11.8. The lowest BCUT2D eigenvalue weighted by molar-refractivity contribution is -0.143. The number of benzene rings is 1. The Bertz CT molecular complexity index is 673. The van der Waals surface area contributed by atoms with Crippen molar-refractivity contribution in [2.75, 3.05) is 26.2 Å². The third-order valence-electron chi connectivity index (χ3n) is 3.69. The number of carboxylic acids is 1. The molecule has 1 saturated heterocycles. The molecule has 1 aromatic carbocycles. The molecule has 122 valence electrons. The molecule has 0 unspecified atom stereocenters. The van der Waals surface area contributed by atoms with E-state index in [-0.39, 0.29) is 26.2 Å². The van der Waals surface area contributed by atoms with E-state index < -0.39 is 38.6 Å². The van der Waals surface area contributed by atoms with Gasteiger partial charge in [0.15, 0.2) is 0 Å². The molecule has 0 aromatic heterocycles. The van der Waals surface area contributed by atoms with Gasteiger partial charge in [0, 0.05) is 26.2 Å². The number of carbonyl (C=O) groups is 1. The standard InChI is InChI=1S/C13H16F2N2O4S/c1-9(13(18)19)16-4-6-17(7-5-16)22(20,21)12-8-10(14)2-3-11(12)15/h2-3,8-9H,4-7H2,1H3,(H,18,19)/t9-/m0/s1. The molecular weight excluding hydrogens is 318 g/mol. The molecule has 1 atom stereocenters.